The lowest BCUT2D eigenvalue weighted by Gasteiger charge is -2.06. The van der Waals surface area contributed by atoms with Crippen molar-refractivity contribution in [2.24, 2.45) is 0 Å². The van der Waals surface area contributed by atoms with E-state index in [0.29, 0.717) is 43.7 Å². The van der Waals surface area contributed by atoms with E-state index in [4.69, 9.17) is 39.2 Å². The monoisotopic (exact) mass is 634 g/mol. The molecule has 0 aliphatic heterocycles. The Morgan fingerprint density at radius 1 is 0.514 bits per heavy atom. The van der Waals surface area contributed by atoms with Gasteiger partial charge in [0.05, 0.1) is 43.2 Å². The zero-order chi connectivity index (χ0) is 25.7. The number of carbonyl (C=O) groups excluding carboxylic acids is 2. The summed E-state index contributed by atoms with van der Waals surface area (Å²) in [5.41, 5.74) is 0. The largest absolute Gasteiger partial charge is 0.464 e. The number of thioether (sulfide) groups is 7. The van der Waals surface area contributed by atoms with Crippen LogP contribution < -0.4 is 0 Å². The number of esters is 2. The van der Waals surface area contributed by atoms with Crippen LogP contribution in [-0.4, -0.2) is 117 Å². The number of aliphatic hydroxyl groups excluding tert-OH is 2. The molecule has 10 nitrogen and oxygen atoms in total. The van der Waals surface area contributed by atoms with E-state index < -0.39 is 0 Å². The van der Waals surface area contributed by atoms with E-state index in [1.807, 2.05) is 0 Å². The van der Waals surface area contributed by atoms with E-state index in [1.54, 1.807) is 23.5 Å². The van der Waals surface area contributed by atoms with Gasteiger partial charge in [-0.2, -0.15) is 0 Å². The average Bonchev–Trinajstić information content (AvgIpc) is 2.85. The van der Waals surface area contributed by atoms with Crippen molar-refractivity contribution in [2.45, 2.75) is 0 Å². The van der Waals surface area contributed by atoms with Crippen LogP contribution in [0.3, 0.4) is 0 Å². The molecule has 0 spiro atoms. The first-order chi connectivity index (χ1) is 17.2. The summed E-state index contributed by atoms with van der Waals surface area (Å²) < 4.78 is 10.2. The third-order valence-electron chi connectivity index (χ3n) is 2.98. The van der Waals surface area contributed by atoms with Crippen molar-refractivity contribution in [2.75, 3.05) is 94.9 Å². The molecular formula is C18H34O10S7. The number of ether oxygens (including phenoxy) is 2. The van der Waals surface area contributed by atoms with Gasteiger partial charge in [0.15, 0.2) is 0 Å². The zero-order valence-corrected chi connectivity index (χ0v) is 25.0. The number of rotatable bonds is 28. The van der Waals surface area contributed by atoms with Crippen molar-refractivity contribution < 1.29 is 48.8 Å². The summed E-state index contributed by atoms with van der Waals surface area (Å²) >= 11 is 10.2. The molecule has 17 heteroatoms. The van der Waals surface area contributed by atoms with E-state index in [1.165, 1.54) is 58.8 Å². The normalized spacial score (nSPS) is 11.0. The van der Waals surface area contributed by atoms with Crippen LogP contribution in [0, 0.1) is 0 Å². The molecule has 0 aliphatic carbocycles. The van der Waals surface area contributed by atoms with Crippen LogP contribution in [0.25, 0.3) is 0 Å². The maximum absolute atomic E-state index is 11.6. The molecule has 35 heavy (non-hydrogen) atoms. The highest BCUT2D eigenvalue weighted by molar-refractivity contribution is 8.16. The van der Waals surface area contributed by atoms with Gasteiger partial charge in [-0.1, -0.05) is 11.8 Å². The van der Waals surface area contributed by atoms with Gasteiger partial charge in [0, 0.05) is 33.2 Å². The van der Waals surface area contributed by atoms with Crippen molar-refractivity contribution >= 4 is 94.3 Å². The third-order valence-corrected chi connectivity index (χ3v) is 9.26. The Balaban J connectivity index is 3.23. The van der Waals surface area contributed by atoms with E-state index in [2.05, 4.69) is 0 Å². The van der Waals surface area contributed by atoms with Gasteiger partial charge in [-0.25, -0.2) is 19.6 Å². The molecule has 0 unspecified atom stereocenters. The number of carbonyl (C=O) groups is 2. The van der Waals surface area contributed by atoms with Crippen LogP contribution >= 0.6 is 82.3 Å². The van der Waals surface area contributed by atoms with Gasteiger partial charge < -0.3 is 19.7 Å². The van der Waals surface area contributed by atoms with E-state index in [0.717, 1.165) is 15.9 Å². The average molecular weight is 635 g/mol. The Hall–Kier alpha value is 1.15. The lowest BCUT2D eigenvalue weighted by Crippen LogP contribution is -2.11. The minimum atomic E-state index is -0.312. The van der Waals surface area contributed by atoms with Crippen LogP contribution in [0.4, 0.5) is 0 Å². The summed E-state index contributed by atoms with van der Waals surface area (Å²) in [6.07, 6.45) is 0. The maximum Gasteiger partial charge on any atom is 0.316 e. The van der Waals surface area contributed by atoms with E-state index in [9.17, 15) is 9.59 Å². The van der Waals surface area contributed by atoms with Crippen molar-refractivity contribution in [3.8, 4) is 0 Å². The summed E-state index contributed by atoms with van der Waals surface area (Å²) in [5, 5.41) is 18.9. The quantitative estimate of drug-likeness (QED) is 0.0430. The number of hydrogen-bond donors (Lipinski definition) is 2. The van der Waals surface area contributed by atoms with Crippen LogP contribution in [0.1, 0.15) is 0 Å². The first-order valence-electron chi connectivity index (χ1n) is 10.3. The van der Waals surface area contributed by atoms with Crippen LogP contribution in [0.2, 0.25) is 0 Å². The van der Waals surface area contributed by atoms with Gasteiger partial charge in [-0.05, 0) is 0 Å². The van der Waals surface area contributed by atoms with Gasteiger partial charge in [0.1, 0.15) is 18.5 Å². The molecule has 0 aromatic rings. The van der Waals surface area contributed by atoms with Gasteiger partial charge in [0.2, 0.25) is 0 Å². The summed E-state index contributed by atoms with van der Waals surface area (Å²) in [4.78, 5) is 43.2. The Kier molecular flexibility index (Phi) is 32.4. The Bertz CT molecular complexity index is 483. The second-order valence-corrected chi connectivity index (χ2v) is 13.5. The molecule has 0 heterocycles. The van der Waals surface area contributed by atoms with Gasteiger partial charge >= 0.3 is 11.9 Å². The second kappa shape index (κ2) is 31.4. The van der Waals surface area contributed by atoms with Crippen molar-refractivity contribution in [1.82, 2.24) is 0 Å². The molecule has 0 bridgehead atoms. The first-order valence-corrected chi connectivity index (χ1v) is 18.3. The highest BCUT2D eigenvalue weighted by atomic mass is 32.2. The highest BCUT2D eigenvalue weighted by Gasteiger charge is 2.05. The second-order valence-electron chi connectivity index (χ2n) is 5.58. The van der Waals surface area contributed by atoms with Crippen LogP contribution in [0.15, 0.2) is 0 Å². The molecule has 0 atom stereocenters. The summed E-state index contributed by atoms with van der Waals surface area (Å²) in [5.74, 6) is 3.25. The molecule has 0 fully saturated rings. The molecule has 0 radical (unpaired) electrons. The van der Waals surface area contributed by atoms with Crippen LogP contribution in [0.5, 0.6) is 0 Å². The summed E-state index contributed by atoms with van der Waals surface area (Å²) in [6, 6.07) is 0. The predicted octanol–water partition coefficient (Wildman–Crippen LogP) is 2.83. The smallest absolute Gasteiger partial charge is 0.316 e. The molecule has 0 aromatic heterocycles. The zero-order valence-electron chi connectivity index (χ0n) is 19.3. The predicted molar refractivity (Wildman–Crippen MR) is 152 cm³/mol. The standard InChI is InChI=1S/C18H34O10S7/c19-11-33-15-31-5-1-23-17(21)9-29-7-3-27-28-14-35-13-24-18(22)10-30-6-2-25-26-4-8-32-16-34-12-20/h19-20H,1-16H2. The fourth-order valence-corrected chi connectivity index (χ4v) is 6.03. The Morgan fingerprint density at radius 2 is 1.00 bits per heavy atom. The lowest BCUT2D eigenvalue weighted by atomic mass is 10.7. The first kappa shape index (κ1) is 36.1. The van der Waals surface area contributed by atoms with E-state index in [-0.39, 0.29) is 47.2 Å². The fraction of sp³-hybridized carbons (Fsp3) is 0.889. The van der Waals surface area contributed by atoms with Gasteiger partial charge in [-0.15, -0.1) is 70.6 Å². The SMILES string of the molecule is O=C(CSCCOOCSCOC(=O)CSCCOOCCSCSCO)OCCSCSCO. The van der Waals surface area contributed by atoms with Crippen LogP contribution in [-0.2, 0) is 38.6 Å². The third kappa shape index (κ3) is 31.3. The van der Waals surface area contributed by atoms with Gasteiger partial charge in [-0.3, -0.25) is 9.59 Å². The van der Waals surface area contributed by atoms with Crippen molar-refractivity contribution in [1.29, 1.82) is 0 Å². The minimum absolute atomic E-state index is 0.0998. The number of aliphatic hydroxyl groups is 2. The molecule has 0 saturated carbocycles. The summed E-state index contributed by atoms with van der Waals surface area (Å²) in [7, 11) is 0. The topological polar surface area (TPSA) is 130 Å². The fourth-order valence-electron chi connectivity index (χ4n) is 1.58. The van der Waals surface area contributed by atoms with Gasteiger partial charge in [0.25, 0.3) is 0 Å². The highest BCUT2D eigenvalue weighted by Crippen LogP contribution is 2.11. The number of hydrogen-bond acceptors (Lipinski definition) is 17. The molecule has 2 N–H and O–H groups in total. The molecule has 0 aliphatic rings. The molecule has 0 aromatic carbocycles. The molecule has 0 saturated heterocycles. The van der Waals surface area contributed by atoms with Crippen molar-refractivity contribution in [3.05, 3.63) is 0 Å². The van der Waals surface area contributed by atoms with E-state index >= 15 is 0 Å². The maximum atomic E-state index is 11.6. The lowest BCUT2D eigenvalue weighted by molar-refractivity contribution is -0.285. The molecule has 0 rings (SSSR count). The summed E-state index contributed by atoms with van der Waals surface area (Å²) in [6.45, 7) is 1.56. The molecule has 208 valence electrons. The minimum Gasteiger partial charge on any atom is -0.464 e. The Labute approximate surface area is 236 Å². The Morgan fingerprint density at radius 3 is 1.57 bits per heavy atom. The molecule has 0 amide bonds. The van der Waals surface area contributed by atoms with Crippen molar-refractivity contribution in [3.63, 3.8) is 0 Å². The molecular weight excluding hydrogens is 601 g/mol.